The molecule has 0 fully saturated rings. The quantitative estimate of drug-likeness (QED) is 0.214. The smallest absolute Gasteiger partial charge is 0.255 e. The Bertz CT molecular complexity index is 1570. The van der Waals surface area contributed by atoms with E-state index in [1.165, 1.54) is 6.33 Å². The molecule has 11 nitrogen and oxygen atoms in total. The van der Waals surface area contributed by atoms with Gasteiger partial charge in [-0.05, 0) is 63.2 Å². The highest BCUT2D eigenvalue weighted by Gasteiger charge is 2.21. The van der Waals surface area contributed by atoms with Gasteiger partial charge in [-0.2, -0.15) is 15.0 Å². The number of benzene rings is 2. The second-order valence-corrected chi connectivity index (χ2v) is 10.3. The molecular formula is C30H35N9O2. The van der Waals surface area contributed by atoms with Gasteiger partial charge in [0.05, 0.1) is 23.8 Å². The van der Waals surface area contributed by atoms with Gasteiger partial charge in [-0.15, -0.1) is 0 Å². The summed E-state index contributed by atoms with van der Waals surface area (Å²) in [7, 11) is 3.70. The Morgan fingerprint density at radius 2 is 1.95 bits per heavy atom. The van der Waals surface area contributed by atoms with Crippen LogP contribution in [0.1, 0.15) is 41.0 Å². The normalized spacial score (nSPS) is 11.3. The molecule has 0 atom stereocenters. The second-order valence-electron chi connectivity index (χ2n) is 10.3. The molecule has 41 heavy (non-hydrogen) atoms. The number of hydrogen-bond acceptors (Lipinski definition) is 9. The minimum Gasteiger partial charge on any atom is -0.395 e. The highest BCUT2D eigenvalue weighted by atomic mass is 16.3. The fourth-order valence-electron chi connectivity index (χ4n) is 4.19. The Morgan fingerprint density at radius 1 is 1.15 bits per heavy atom. The number of nitriles is 1. The molecule has 2 aromatic carbocycles. The third-order valence-corrected chi connectivity index (χ3v) is 6.68. The van der Waals surface area contributed by atoms with Crippen LogP contribution in [-0.4, -0.2) is 62.9 Å². The van der Waals surface area contributed by atoms with Gasteiger partial charge < -0.3 is 21.1 Å². The molecule has 0 saturated heterocycles. The summed E-state index contributed by atoms with van der Waals surface area (Å²) in [5.74, 6) is 1.63. The number of aliphatic hydroxyl groups excluding tert-OH is 1. The molecule has 0 spiro atoms. The standard InChI is InChI=1S/C30H35N9O2/c1-20-9-10-23(35-29(41)21-7-6-8-22(13-21)30(2,3)18-31)14-25(20)36-28-15-24(17-38(5)11-12-40)37-39(28)27-16-26(32-4)33-19-34-27/h6-10,13-16,19,36,40H,11-12,17H2,1-5H3,(H,35,41)(H,32,33,34). The first-order chi connectivity index (χ1) is 19.6. The van der Waals surface area contributed by atoms with Crippen LogP contribution in [0.2, 0.25) is 0 Å². The summed E-state index contributed by atoms with van der Waals surface area (Å²) in [6.07, 6.45) is 1.47. The Labute approximate surface area is 239 Å². The highest BCUT2D eigenvalue weighted by Crippen LogP contribution is 2.28. The number of nitrogens with one attached hydrogen (secondary N) is 3. The van der Waals surface area contributed by atoms with Crippen molar-refractivity contribution in [1.82, 2.24) is 24.6 Å². The number of carbonyl (C=O) groups excluding carboxylic acids is 1. The van der Waals surface area contributed by atoms with Crippen molar-refractivity contribution in [2.24, 2.45) is 0 Å². The first kappa shape index (κ1) is 29.2. The van der Waals surface area contributed by atoms with Gasteiger partial charge in [-0.25, -0.2) is 9.97 Å². The lowest BCUT2D eigenvalue weighted by molar-refractivity contribution is 0.102. The first-order valence-electron chi connectivity index (χ1n) is 13.2. The van der Waals surface area contributed by atoms with Crippen molar-refractivity contribution in [2.75, 3.05) is 43.2 Å². The molecule has 2 aromatic heterocycles. The number of aryl methyl sites for hydroxylation is 1. The number of aromatic nitrogens is 4. The van der Waals surface area contributed by atoms with Gasteiger partial charge in [-0.1, -0.05) is 18.2 Å². The van der Waals surface area contributed by atoms with Crippen LogP contribution >= 0.6 is 0 Å². The van der Waals surface area contributed by atoms with Crippen LogP contribution in [0.25, 0.3) is 5.82 Å². The molecule has 0 aliphatic heterocycles. The van der Waals surface area contributed by atoms with E-state index in [-0.39, 0.29) is 12.5 Å². The average Bonchev–Trinajstić information content (AvgIpc) is 3.36. The largest absolute Gasteiger partial charge is 0.395 e. The predicted molar refractivity (Wildman–Crippen MR) is 160 cm³/mol. The van der Waals surface area contributed by atoms with E-state index < -0.39 is 5.41 Å². The summed E-state index contributed by atoms with van der Waals surface area (Å²) in [4.78, 5) is 23.7. The summed E-state index contributed by atoms with van der Waals surface area (Å²) < 4.78 is 1.71. The predicted octanol–water partition coefficient (Wildman–Crippen LogP) is 4.23. The first-order valence-corrected chi connectivity index (χ1v) is 13.2. The molecule has 0 saturated carbocycles. The number of aliphatic hydroxyl groups is 1. The topological polar surface area (TPSA) is 144 Å². The molecule has 0 aliphatic carbocycles. The fraction of sp³-hybridized carbons (Fsp3) is 0.300. The number of nitrogens with zero attached hydrogens (tertiary/aromatic N) is 6. The number of likely N-dealkylation sites (N-methyl/N-ethyl adjacent to an activating group) is 1. The van der Waals surface area contributed by atoms with E-state index in [1.54, 1.807) is 36.0 Å². The molecule has 212 valence electrons. The Morgan fingerprint density at radius 3 is 2.68 bits per heavy atom. The van der Waals surface area contributed by atoms with Crippen molar-refractivity contribution in [3.63, 3.8) is 0 Å². The zero-order chi connectivity index (χ0) is 29.6. The maximum Gasteiger partial charge on any atom is 0.255 e. The van der Waals surface area contributed by atoms with E-state index in [1.807, 2.05) is 63.1 Å². The van der Waals surface area contributed by atoms with Gasteiger partial charge in [0.2, 0.25) is 0 Å². The third-order valence-electron chi connectivity index (χ3n) is 6.68. The van der Waals surface area contributed by atoms with Gasteiger partial charge in [0.1, 0.15) is 18.0 Å². The second kappa shape index (κ2) is 12.6. The number of amides is 1. The van der Waals surface area contributed by atoms with Crippen molar-refractivity contribution >= 4 is 28.9 Å². The van der Waals surface area contributed by atoms with Gasteiger partial charge >= 0.3 is 0 Å². The molecule has 4 aromatic rings. The van der Waals surface area contributed by atoms with Gasteiger partial charge in [0.15, 0.2) is 5.82 Å². The monoisotopic (exact) mass is 553 g/mol. The lowest BCUT2D eigenvalue weighted by Crippen LogP contribution is -2.21. The number of anilines is 4. The van der Waals surface area contributed by atoms with Crippen molar-refractivity contribution in [2.45, 2.75) is 32.7 Å². The Kier molecular flexibility index (Phi) is 8.97. The van der Waals surface area contributed by atoms with Crippen LogP contribution in [0, 0.1) is 18.3 Å². The van der Waals surface area contributed by atoms with E-state index in [0.717, 1.165) is 22.5 Å². The van der Waals surface area contributed by atoms with E-state index >= 15 is 0 Å². The molecule has 0 aliphatic rings. The number of rotatable bonds is 11. The Hall–Kier alpha value is -4.79. The molecule has 0 bridgehead atoms. The van der Waals surface area contributed by atoms with E-state index in [0.29, 0.717) is 41.8 Å². The zero-order valence-electron chi connectivity index (χ0n) is 23.9. The van der Waals surface area contributed by atoms with Crippen LogP contribution in [0.5, 0.6) is 0 Å². The van der Waals surface area contributed by atoms with Crippen molar-refractivity contribution in [1.29, 1.82) is 5.26 Å². The molecule has 4 rings (SSSR count). The van der Waals surface area contributed by atoms with Crippen LogP contribution < -0.4 is 16.0 Å². The summed E-state index contributed by atoms with van der Waals surface area (Å²) in [6.45, 7) is 6.72. The maximum atomic E-state index is 13.1. The molecule has 11 heteroatoms. The van der Waals surface area contributed by atoms with Gasteiger partial charge in [-0.3, -0.25) is 9.69 Å². The lowest BCUT2D eigenvalue weighted by Gasteiger charge is -2.17. The number of carbonyl (C=O) groups is 1. The van der Waals surface area contributed by atoms with E-state index in [2.05, 4.69) is 32.0 Å². The zero-order valence-corrected chi connectivity index (χ0v) is 23.9. The van der Waals surface area contributed by atoms with Crippen LogP contribution in [-0.2, 0) is 12.0 Å². The summed E-state index contributed by atoms with van der Waals surface area (Å²) in [5.41, 5.74) is 3.69. The van der Waals surface area contributed by atoms with Crippen molar-refractivity contribution in [3.05, 3.63) is 83.3 Å². The van der Waals surface area contributed by atoms with Crippen LogP contribution in [0.4, 0.5) is 23.0 Å². The number of hydrogen-bond donors (Lipinski definition) is 4. The molecule has 2 heterocycles. The third kappa shape index (κ3) is 7.05. The lowest BCUT2D eigenvalue weighted by atomic mass is 9.85. The highest BCUT2D eigenvalue weighted by molar-refractivity contribution is 6.04. The summed E-state index contributed by atoms with van der Waals surface area (Å²) in [5, 5.41) is 33.0. The molecule has 4 N–H and O–H groups in total. The molecule has 0 unspecified atom stereocenters. The van der Waals surface area contributed by atoms with E-state index in [9.17, 15) is 15.2 Å². The molecular weight excluding hydrogens is 518 g/mol. The van der Waals surface area contributed by atoms with Crippen molar-refractivity contribution in [3.8, 4) is 11.9 Å². The SMILES string of the molecule is CNc1cc(-n2nc(CN(C)CCO)cc2Nc2cc(NC(=O)c3cccc(C(C)(C)C#N)c3)ccc2C)ncn1. The molecule has 1 amide bonds. The molecule has 0 radical (unpaired) electrons. The fourth-order valence-corrected chi connectivity index (χ4v) is 4.19. The maximum absolute atomic E-state index is 13.1. The summed E-state index contributed by atoms with van der Waals surface area (Å²) >= 11 is 0. The minimum absolute atomic E-state index is 0.0534. The van der Waals surface area contributed by atoms with E-state index in [4.69, 9.17) is 5.10 Å². The summed E-state index contributed by atoms with van der Waals surface area (Å²) in [6, 6.07) is 18.8. The van der Waals surface area contributed by atoms with Gasteiger partial charge in [0.25, 0.3) is 5.91 Å². The van der Waals surface area contributed by atoms with Gasteiger partial charge in [0, 0.05) is 49.2 Å². The Balaban J connectivity index is 1.63. The van der Waals surface area contributed by atoms with Crippen molar-refractivity contribution < 1.29 is 9.90 Å². The van der Waals surface area contributed by atoms with Crippen LogP contribution in [0.15, 0.2) is 60.9 Å². The minimum atomic E-state index is -0.705. The van der Waals surface area contributed by atoms with Crippen LogP contribution in [0.3, 0.4) is 0 Å². The average molecular weight is 554 g/mol.